The average Bonchev–Trinajstić information content (AvgIpc) is 2.99. The maximum absolute atomic E-state index is 14.1. The van der Waals surface area contributed by atoms with E-state index in [9.17, 15) is 18.0 Å². The van der Waals surface area contributed by atoms with E-state index in [1.165, 1.54) is 10.7 Å². The van der Waals surface area contributed by atoms with E-state index in [2.05, 4.69) is 5.32 Å². The highest BCUT2D eigenvalue weighted by Gasteiger charge is 2.32. The quantitative estimate of drug-likeness (QED) is 0.229. The molecule has 0 aromatic heterocycles. The topological polar surface area (TPSA) is 86.8 Å². The predicted octanol–water partition coefficient (Wildman–Crippen LogP) is 6.59. The summed E-state index contributed by atoms with van der Waals surface area (Å²) in [5, 5.41) is 3.71. The summed E-state index contributed by atoms with van der Waals surface area (Å²) in [5.41, 5.74) is 4.25. The summed E-state index contributed by atoms with van der Waals surface area (Å²) >= 11 is 6.21. The van der Waals surface area contributed by atoms with Crippen LogP contribution < -0.4 is 9.62 Å². The van der Waals surface area contributed by atoms with Crippen LogP contribution in [0.3, 0.4) is 0 Å². The van der Waals surface area contributed by atoms with Crippen LogP contribution in [0.4, 0.5) is 5.69 Å². The molecule has 0 spiro atoms. The highest BCUT2D eigenvalue weighted by Crippen LogP contribution is 2.27. The van der Waals surface area contributed by atoms with Crippen molar-refractivity contribution in [3.63, 3.8) is 0 Å². The van der Waals surface area contributed by atoms with E-state index in [0.717, 1.165) is 54.2 Å². The van der Waals surface area contributed by atoms with Gasteiger partial charge < -0.3 is 10.2 Å². The van der Waals surface area contributed by atoms with Crippen molar-refractivity contribution in [3.8, 4) is 0 Å². The highest BCUT2D eigenvalue weighted by atomic mass is 35.5. The molecule has 2 amide bonds. The van der Waals surface area contributed by atoms with Gasteiger partial charge in [0.25, 0.3) is 0 Å². The maximum atomic E-state index is 14.1. The summed E-state index contributed by atoms with van der Waals surface area (Å²) in [6.45, 7) is 4.23. The SMILES string of the molecule is Cc1ccccc1CN(C(=O)CCCN(c1cc(Cl)ccc1C)S(C)(=O)=O)[C@H](Cc1ccccc1)C(=O)NC1CCCCC1. The maximum Gasteiger partial charge on any atom is 0.243 e. The van der Waals surface area contributed by atoms with Gasteiger partial charge in [-0.3, -0.25) is 13.9 Å². The molecule has 1 N–H and O–H groups in total. The first-order valence-corrected chi connectivity index (χ1v) is 17.7. The summed E-state index contributed by atoms with van der Waals surface area (Å²) in [6, 6.07) is 22.2. The van der Waals surface area contributed by atoms with Crippen LogP contribution in [0.15, 0.2) is 72.8 Å². The Labute approximate surface area is 267 Å². The van der Waals surface area contributed by atoms with Crippen LogP contribution in [0.2, 0.25) is 5.02 Å². The Bertz CT molecular complexity index is 1520. The summed E-state index contributed by atoms with van der Waals surface area (Å²) in [5.74, 6) is -0.334. The van der Waals surface area contributed by atoms with Gasteiger partial charge in [-0.2, -0.15) is 0 Å². The molecule has 1 atom stereocenters. The Hall–Kier alpha value is -3.36. The third-order valence-corrected chi connectivity index (χ3v) is 9.83. The van der Waals surface area contributed by atoms with E-state index < -0.39 is 16.1 Å². The number of rotatable bonds is 13. The second-order valence-corrected chi connectivity index (χ2v) is 14.2. The average molecular weight is 638 g/mol. The van der Waals surface area contributed by atoms with Gasteiger partial charge in [-0.1, -0.05) is 91.5 Å². The minimum atomic E-state index is -3.63. The van der Waals surface area contributed by atoms with Gasteiger partial charge >= 0.3 is 0 Å². The number of anilines is 1. The number of hydrogen-bond donors (Lipinski definition) is 1. The molecule has 1 fully saturated rings. The molecule has 0 aliphatic heterocycles. The van der Waals surface area contributed by atoms with Crippen LogP contribution in [-0.2, 0) is 32.6 Å². The first-order valence-electron chi connectivity index (χ1n) is 15.4. The van der Waals surface area contributed by atoms with Gasteiger partial charge in [-0.05, 0) is 67.5 Å². The standard InChI is InChI=1S/C35H44ClN3O4S/c1-26-13-10-11-16-29(26)25-38(33(23-28-14-6-4-7-15-28)35(41)37-31-17-8-5-9-18-31)34(40)19-12-22-39(44(3,42)43)32-24-30(36)21-20-27(32)2/h4,6-7,10-11,13-16,20-21,24,31,33H,5,8-9,12,17-19,22-23,25H2,1-3H3,(H,37,41)/t33-/m1/s1. The van der Waals surface area contributed by atoms with Gasteiger partial charge in [0.05, 0.1) is 11.9 Å². The largest absolute Gasteiger partial charge is 0.352 e. The molecule has 1 aliphatic rings. The fraction of sp³-hybridized carbons (Fsp3) is 0.429. The molecule has 3 aromatic rings. The third-order valence-electron chi connectivity index (χ3n) is 8.42. The molecule has 1 aliphatic carbocycles. The van der Waals surface area contributed by atoms with E-state index in [1.807, 2.05) is 68.4 Å². The fourth-order valence-corrected chi connectivity index (χ4v) is 7.08. The lowest BCUT2D eigenvalue weighted by Crippen LogP contribution is -2.53. The fourth-order valence-electron chi connectivity index (χ4n) is 5.90. The normalized spacial score (nSPS) is 14.5. The molecule has 9 heteroatoms. The first kappa shape index (κ1) is 33.5. The van der Waals surface area contributed by atoms with Crippen LogP contribution in [-0.4, -0.2) is 50.0 Å². The Morgan fingerprint density at radius 1 is 0.932 bits per heavy atom. The van der Waals surface area contributed by atoms with Crippen molar-refractivity contribution in [2.45, 2.75) is 83.8 Å². The predicted molar refractivity (Wildman–Crippen MR) is 178 cm³/mol. The summed E-state index contributed by atoms with van der Waals surface area (Å²) in [7, 11) is -3.63. The lowest BCUT2D eigenvalue weighted by Gasteiger charge is -2.34. The number of sulfonamides is 1. The summed E-state index contributed by atoms with van der Waals surface area (Å²) < 4.78 is 26.9. The number of carbonyl (C=O) groups is 2. The van der Waals surface area contributed by atoms with Gasteiger partial charge in [0.15, 0.2) is 0 Å². The summed E-state index contributed by atoms with van der Waals surface area (Å²) in [4.78, 5) is 29.8. The zero-order valence-electron chi connectivity index (χ0n) is 26.0. The van der Waals surface area contributed by atoms with Crippen LogP contribution in [0.1, 0.15) is 67.2 Å². The van der Waals surface area contributed by atoms with Gasteiger partial charge in [-0.15, -0.1) is 0 Å². The molecular weight excluding hydrogens is 594 g/mol. The van der Waals surface area contributed by atoms with E-state index >= 15 is 0 Å². The molecule has 44 heavy (non-hydrogen) atoms. The zero-order valence-corrected chi connectivity index (χ0v) is 27.5. The molecule has 0 radical (unpaired) electrons. The van der Waals surface area contributed by atoms with Crippen LogP contribution in [0.5, 0.6) is 0 Å². The lowest BCUT2D eigenvalue weighted by atomic mass is 9.94. The molecule has 0 heterocycles. The van der Waals surface area contributed by atoms with Crippen LogP contribution >= 0.6 is 11.6 Å². The Morgan fingerprint density at radius 2 is 1.61 bits per heavy atom. The molecule has 7 nitrogen and oxygen atoms in total. The number of carbonyl (C=O) groups excluding carboxylic acids is 2. The minimum Gasteiger partial charge on any atom is -0.352 e. The number of aryl methyl sites for hydroxylation is 2. The van der Waals surface area contributed by atoms with Gasteiger partial charge in [0.1, 0.15) is 6.04 Å². The van der Waals surface area contributed by atoms with Crippen molar-refractivity contribution in [1.29, 1.82) is 0 Å². The van der Waals surface area contributed by atoms with E-state index in [4.69, 9.17) is 11.6 Å². The molecule has 0 saturated heterocycles. The highest BCUT2D eigenvalue weighted by molar-refractivity contribution is 7.92. The first-order chi connectivity index (χ1) is 21.0. The second-order valence-electron chi connectivity index (χ2n) is 11.9. The van der Waals surface area contributed by atoms with Crippen LogP contribution in [0.25, 0.3) is 0 Å². The Kier molecular flexibility index (Phi) is 11.9. The van der Waals surface area contributed by atoms with Crippen molar-refractivity contribution < 1.29 is 18.0 Å². The molecule has 1 saturated carbocycles. The van der Waals surface area contributed by atoms with E-state index in [0.29, 0.717) is 17.1 Å². The Balaban J connectivity index is 1.61. The van der Waals surface area contributed by atoms with E-state index in [1.54, 1.807) is 23.1 Å². The molecule has 0 bridgehead atoms. The number of hydrogen-bond acceptors (Lipinski definition) is 4. The van der Waals surface area contributed by atoms with Crippen molar-refractivity contribution in [3.05, 3.63) is 100 Å². The number of amides is 2. The van der Waals surface area contributed by atoms with Gasteiger partial charge in [0, 0.05) is 37.0 Å². The molecule has 3 aromatic carbocycles. The van der Waals surface area contributed by atoms with Crippen LogP contribution in [0, 0.1) is 13.8 Å². The molecule has 0 unspecified atom stereocenters. The monoisotopic (exact) mass is 637 g/mol. The Morgan fingerprint density at radius 3 is 2.30 bits per heavy atom. The number of nitrogens with one attached hydrogen (secondary N) is 1. The van der Waals surface area contributed by atoms with Gasteiger partial charge in [0.2, 0.25) is 21.8 Å². The van der Waals surface area contributed by atoms with Crippen molar-refractivity contribution in [1.82, 2.24) is 10.2 Å². The zero-order chi connectivity index (χ0) is 31.7. The third kappa shape index (κ3) is 9.32. The van der Waals surface area contributed by atoms with Crippen molar-refractivity contribution in [2.75, 3.05) is 17.1 Å². The summed E-state index contributed by atoms with van der Waals surface area (Å²) in [6.07, 6.45) is 7.14. The van der Waals surface area contributed by atoms with Gasteiger partial charge in [-0.25, -0.2) is 8.42 Å². The second kappa shape index (κ2) is 15.6. The number of halogens is 1. The number of nitrogens with zero attached hydrogens (tertiary/aromatic N) is 2. The van der Waals surface area contributed by atoms with Crippen molar-refractivity contribution in [2.24, 2.45) is 0 Å². The van der Waals surface area contributed by atoms with E-state index in [-0.39, 0.29) is 43.8 Å². The molecule has 236 valence electrons. The lowest BCUT2D eigenvalue weighted by molar-refractivity contribution is -0.141. The molecule has 4 rings (SSSR count). The minimum absolute atomic E-state index is 0.0828. The number of benzene rings is 3. The smallest absolute Gasteiger partial charge is 0.243 e. The molecular formula is C35H44ClN3O4S. The van der Waals surface area contributed by atoms with Crippen molar-refractivity contribution >= 4 is 39.1 Å².